The Bertz CT molecular complexity index is 1340. The van der Waals surface area contributed by atoms with E-state index in [0.717, 1.165) is 16.8 Å². The van der Waals surface area contributed by atoms with Gasteiger partial charge in [-0.2, -0.15) is 0 Å². The highest BCUT2D eigenvalue weighted by Crippen LogP contribution is 2.29. The lowest BCUT2D eigenvalue weighted by Gasteiger charge is -2.29. The quantitative estimate of drug-likeness (QED) is 0.531. The summed E-state index contributed by atoms with van der Waals surface area (Å²) in [6.07, 6.45) is 7.45. The second-order valence-corrected chi connectivity index (χ2v) is 7.91. The molecule has 32 heavy (non-hydrogen) atoms. The van der Waals surface area contributed by atoms with Crippen molar-refractivity contribution in [3.05, 3.63) is 71.9 Å². The molecular weight excluding hydrogens is 407 g/mol. The van der Waals surface area contributed by atoms with E-state index in [1.54, 1.807) is 12.3 Å². The number of benzene rings is 2. The number of imidazole rings is 1. The van der Waals surface area contributed by atoms with Crippen LogP contribution in [0.15, 0.2) is 60.0 Å². The van der Waals surface area contributed by atoms with Gasteiger partial charge in [0.2, 0.25) is 0 Å². The van der Waals surface area contributed by atoms with Crippen LogP contribution in [-0.4, -0.2) is 46.9 Å². The molecule has 0 bridgehead atoms. The van der Waals surface area contributed by atoms with Crippen LogP contribution in [0.3, 0.4) is 0 Å². The molecule has 1 saturated heterocycles. The van der Waals surface area contributed by atoms with Crippen molar-refractivity contribution >= 4 is 29.1 Å². The Kier molecular flexibility index (Phi) is 4.57. The maximum absolute atomic E-state index is 14.9. The summed E-state index contributed by atoms with van der Waals surface area (Å²) in [6.45, 7) is 3.30. The molecule has 2 aromatic carbocycles. The fourth-order valence-electron chi connectivity index (χ4n) is 4.21. The first-order valence-corrected chi connectivity index (χ1v) is 10.6. The van der Waals surface area contributed by atoms with Crippen LogP contribution < -0.4 is 10.2 Å². The van der Waals surface area contributed by atoms with Gasteiger partial charge in [-0.1, -0.05) is 12.1 Å². The van der Waals surface area contributed by atoms with E-state index in [0.29, 0.717) is 55.7 Å². The number of nitrogens with zero attached hydrogens (tertiary/aromatic N) is 5. The third kappa shape index (κ3) is 3.38. The zero-order valence-corrected chi connectivity index (χ0v) is 17.3. The third-order valence-corrected chi connectivity index (χ3v) is 5.87. The van der Waals surface area contributed by atoms with Crippen LogP contribution in [0, 0.1) is 5.82 Å². The molecule has 1 N–H and O–H groups in total. The van der Waals surface area contributed by atoms with Gasteiger partial charge in [0.1, 0.15) is 5.82 Å². The van der Waals surface area contributed by atoms with Crippen molar-refractivity contribution in [2.75, 3.05) is 36.5 Å². The number of hydrogen-bond acceptors (Lipinski definition) is 6. The molecule has 2 aliphatic heterocycles. The zero-order chi connectivity index (χ0) is 21.5. The Hall–Kier alpha value is -3.78. The van der Waals surface area contributed by atoms with E-state index >= 15 is 0 Å². The van der Waals surface area contributed by atoms with Crippen LogP contribution in [-0.2, 0) is 11.3 Å². The van der Waals surface area contributed by atoms with E-state index in [1.807, 2.05) is 40.0 Å². The molecule has 0 atom stereocenters. The number of hydrogen-bond donors (Lipinski definition) is 1. The van der Waals surface area contributed by atoms with E-state index in [4.69, 9.17) is 9.72 Å². The maximum atomic E-state index is 14.9. The van der Waals surface area contributed by atoms with Crippen LogP contribution in [0.25, 0.3) is 16.9 Å². The van der Waals surface area contributed by atoms with Crippen molar-refractivity contribution in [2.24, 2.45) is 4.99 Å². The topological polar surface area (TPSA) is 67.0 Å². The fourth-order valence-corrected chi connectivity index (χ4v) is 4.21. The summed E-state index contributed by atoms with van der Waals surface area (Å²) in [5, 5.41) is 3.26. The van der Waals surface area contributed by atoms with E-state index < -0.39 is 0 Å². The molecule has 0 saturated carbocycles. The summed E-state index contributed by atoms with van der Waals surface area (Å²) in [7, 11) is 0. The average Bonchev–Trinajstić information content (AvgIpc) is 3.48. The van der Waals surface area contributed by atoms with E-state index in [9.17, 15) is 4.39 Å². The predicted molar refractivity (Wildman–Crippen MR) is 122 cm³/mol. The zero-order valence-electron chi connectivity index (χ0n) is 17.3. The standard InChI is InChI=1S/C24H21FN6O/c25-20-12-19(3-4-22(20)30-7-9-32-10-8-30)28-23-24-27-5-6-31(24)15-21(29-23)16-1-2-17-13-26-14-18(17)11-16/h1-6,11-13,15H,7-10,14H2,(H,28,29). The summed E-state index contributed by atoms with van der Waals surface area (Å²) in [4.78, 5) is 15.6. The Morgan fingerprint density at radius 2 is 1.97 bits per heavy atom. The van der Waals surface area contributed by atoms with Gasteiger partial charge in [0.15, 0.2) is 11.5 Å². The molecule has 160 valence electrons. The van der Waals surface area contributed by atoms with Crippen molar-refractivity contribution in [2.45, 2.75) is 6.54 Å². The highest BCUT2D eigenvalue weighted by Gasteiger charge is 2.17. The lowest BCUT2D eigenvalue weighted by Crippen LogP contribution is -2.36. The van der Waals surface area contributed by atoms with E-state index in [-0.39, 0.29) is 5.82 Å². The molecule has 4 heterocycles. The average molecular weight is 428 g/mol. The van der Waals surface area contributed by atoms with Crippen molar-refractivity contribution < 1.29 is 9.13 Å². The van der Waals surface area contributed by atoms with E-state index in [1.165, 1.54) is 11.6 Å². The lowest BCUT2D eigenvalue weighted by molar-refractivity contribution is 0.122. The first-order valence-electron chi connectivity index (χ1n) is 10.6. The molecule has 7 nitrogen and oxygen atoms in total. The van der Waals surface area contributed by atoms with Gasteiger partial charge in [-0.3, -0.25) is 4.99 Å². The van der Waals surface area contributed by atoms with Gasteiger partial charge in [0, 0.05) is 49.1 Å². The maximum Gasteiger partial charge on any atom is 0.180 e. The minimum atomic E-state index is -0.272. The minimum Gasteiger partial charge on any atom is -0.378 e. The summed E-state index contributed by atoms with van der Waals surface area (Å²) in [5.41, 5.74) is 6.02. The van der Waals surface area contributed by atoms with Gasteiger partial charge >= 0.3 is 0 Å². The highest BCUT2D eigenvalue weighted by molar-refractivity contribution is 5.86. The molecule has 2 aromatic heterocycles. The van der Waals surface area contributed by atoms with Gasteiger partial charge in [-0.05, 0) is 35.4 Å². The molecule has 0 amide bonds. The molecule has 1 fully saturated rings. The Labute approximate surface area is 184 Å². The van der Waals surface area contributed by atoms with Gasteiger partial charge in [-0.15, -0.1) is 0 Å². The van der Waals surface area contributed by atoms with Gasteiger partial charge in [0.25, 0.3) is 0 Å². The van der Waals surface area contributed by atoms with Crippen LogP contribution >= 0.6 is 0 Å². The second-order valence-electron chi connectivity index (χ2n) is 7.91. The molecular formula is C24H21FN6O. The van der Waals surface area contributed by atoms with Gasteiger partial charge in [0.05, 0.1) is 31.1 Å². The molecule has 8 heteroatoms. The monoisotopic (exact) mass is 428 g/mol. The number of anilines is 3. The largest absolute Gasteiger partial charge is 0.378 e. The number of ether oxygens (including phenoxy) is 1. The number of aromatic nitrogens is 3. The van der Waals surface area contributed by atoms with Crippen LogP contribution in [0.5, 0.6) is 0 Å². The lowest BCUT2D eigenvalue weighted by atomic mass is 10.0. The number of rotatable bonds is 4. The number of morpholine rings is 1. The molecule has 0 unspecified atom stereocenters. The van der Waals surface area contributed by atoms with Crippen molar-refractivity contribution in [1.29, 1.82) is 0 Å². The second kappa shape index (κ2) is 7.72. The number of aliphatic imine (C=N–C) groups is 1. The van der Waals surface area contributed by atoms with Crippen LogP contribution in [0.2, 0.25) is 0 Å². The Morgan fingerprint density at radius 3 is 2.84 bits per heavy atom. The Balaban J connectivity index is 1.34. The molecule has 4 aromatic rings. The van der Waals surface area contributed by atoms with Crippen molar-refractivity contribution in [3.63, 3.8) is 0 Å². The fraction of sp³-hybridized carbons (Fsp3) is 0.208. The first kappa shape index (κ1) is 18.9. The molecule has 2 aliphatic rings. The minimum absolute atomic E-state index is 0.272. The van der Waals surface area contributed by atoms with E-state index in [2.05, 4.69) is 27.4 Å². The van der Waals surface area contributed by atoms with Gasteiger partial charge < -0.3 is 19.4 Å². The van der Waals surface area contributed by atoms with Crippen LogP contribution in [0.4, 0.5) is 21.6 Å². The third-order valence-electron chi connectivity index (χ3n) is 5.87. The summed E-state index contributed by atoms with van der Waals surface area (Å²) < 4.78 is 22.2. The summed E-state index contributed by atoms with van der Waals surface area (Å²) >= 11 is 0. The number of nitrogens with one attached hydrogen (secondary N) is 1. The molecule has 6 rings (SSSR count). The van der Waals surface area contributed by atoms with Crippen molar-refractivity contribution in [3.8, 4) is 11.3 Å². The smallest absolute Gasteiger partial charge is 0.180 e. The number of halogens is 1. The highest BCUT2D eigenvalue weighted by atomic mass is 19.1. The predicted octanol–water partition coefficient (Wildman–Crippen LogP) is 4.05. The molecule has 0 aliphatic carbocycles. The summed E-state index contributed by atoms with van der Waals surface area (Å²) in [5.74, 6) is 0.300. The normalized spacial score (nSPS) is 15.3. The summed E-state index contributed by atoms with van der Waals surface area (Å²) in [6, 6.07) is 11.4. The first-order chi connectivity index (χ1) is 15.7. The molecule has 0 spiro atoms. The molecule has 0 radical (unpaired) electrons. The van der Waals surface area contributed by atoms with Crippen LogP contribution in [0.1, 0.15) is 11.1 Å². The van der Waals surface area contributed by atoms with Gasteiger partial charge in [-0.25, -0.2) is 14.4 Å². The number of fused-ring (bicyclic) bond motifs is 2. The van der Waals surface area contributed by atoms with Crippen molar-refractivity contribution in [1.82, 2.24) is 14.4 Å². The Morgan fingerprint density at radius 1 is 1.06 bits per heavy atom. The SMILES string of the molecule is Fc1cc(Nc2nc(-c3ccc4c(c3)CN=C4)cn3ccnc23)ccc1N1CCOCC1.